The van der Waals surface area contributed by atoms with Gasteiger partial charge >= 0.3 is 5.97 Å². The predicted octanol–water partition coefficient (Wildman–Crippen LogP) is 1.71. The number of halogens is 1. The fourth-order valence-corrected chi connectivity index (χ4v) is 0.594. The third kappa shape index (κ3) is 2.70. The second-order valence-electron chi connectivity index (χ2n) is 2.44. The standard InChI is InChI=1S/C5H9FO2S/c1-5(2,3-9-6)4(7)8/h3H2,1-2H3,(H,7,8). The molecule has 2 nitrogen and oxygen atoms in total. The van der Waals surface area contributed by atoms with Crippen molar-refractivity contribution >= 4 is 18.1 Å². The average Bonchev–Trinajstić information content (AvgIpc) is 1.65. The summed E-state index contributed by atoms with van der Waals surface area (Å²) in [5.74, 6) is -0.963. The molecule has 54 valence electrons. The van der Waals surface area contributed by atoms with E-state index in [1.807, 2.05) is 0 Å². The highest BCUT2D eigenvalue weighted by atomic mass is 32.2. The van der Waals surface area contributed by atoms with Crippen molar-refractivity contribution in [3.8, 4) is 0 Å². The number of carbonyl (C=O) groups is 1. The van der Waals surface area contributed by atoms with E-state index in [0.29, 0.717) is 0 Å². The minimum atomic E-state index is -0.965. The predicted molar refractivity (Wildman–Crippen MR) is 35.0 cm³/mol. The van der Waals surface area contributed by atoms with E-state index in [9.17, 15) is 8.68 Å². The summed E-state index contributed by atoms with van der Waals surface area (Å²) in [6.07, 6.45) is 0. The summed E-state index contributed by atoms with van der Waals surface area (Å²) in [6.45, 7) is 2.98. The van der Waals surface area contributed by atoms with Gasteiger partial charge in [-0.15, -0.1) is 0 Å². The number of hydrogen-bond donors (Lipinski definition) is 1. The van der Waals surface area contributed by atoms with E-state index >= 15 is 0 Å². The van der Waals surface area contributed by atoms with Gasteiger partial charge < -0.3 is 5.11 Å². The monoisotopic (exact) mass is 152 g/mol. The summed E-state index contributed by atoms with van der Waals surface area (Å²) >= 11 is 0.0561. The van der Waals surface area contributed by atoms with Crippen molar-refractivity contribution in [1.82, 2.24) is 0 Å². The molecule has 0 rings (SSSR count). The lowest BCUT2D eigenvalue weighted by Crippen LogP contribution is -2.25. The Bertz CT molecular complexity index is 114. The second kappa shape index (κ2) is 3.06. The Morgan fingerprint density at radius 3 is 2.33 bits per heavy atom. The van der Waals surface area contributed by atoms with Crippen LogP contribution in [0, 0.1) is 5.41 Å². The molecule has 0 saturated carbocycles. The molecule has 9 heavy (non-hydrogen) atoms. The molecule has 0 aliphatic rings. The van der Waals surface area contributed by atoms with Gasteiger partial charge in [-0.2, -0.15) is 3.89 Å². The zero-order valence-corrected chi connectivity index (χ0v) is 6.17. The second-order valence-corrected chi connectivity index (χ2v) is 2.95. The lowest BCUT2D eigenvalue weighted by molar-refractivity contribution is -0.145. The fraction of sp³-hybridized carbons (Fsp3) is 0.800. The van der Waals surface area contributed by atoms with Gasteiger partial charge in [0.25, 0.3) is 0 Å². The first-order chi connectivity index (χ1) is 4.00. The first kappa shape index (κ1) is 8.75. The zero-order valence-electron chi connectivity index (χ0n) is 5.35. The molecule has 0 aliphatic carbocycles. The van der Waals surface area contributed by atoms with Crippen LogP contribution in [-0.2, 0) is 4.79 Å². The van der Waals surface area contributed by atoms with E-state index < -0.39 is 11.4 Å². The van der Waals surface area contributed by atoms with Crippen LogP contribution in [0.4, 0.5) is 3.89 Å². The summed E-state index contributed by atoms with van der Waals surface area (Å²) in [4.78, 5) is 10.2. The van der Waals surface area contributed by atoms with Crippen molar-refractivity contribution < 1.29 is 13.8 Å². The molecule has 0 aliphatic heterocycles. The van der Waals surface area contributed by atoms with E-state index in [-0.39, 0.29) is 17.9 Å². The Hall–Kier alpha value is -0.250. The van der Waals surface area contributed by atoms with Crippen molar-refractivity contribution in [2.75, 3.05) is 5.75 Å². The number of hydrogen-bond acceptors (Lipinski definition) is 2. The third-order valence-electron chi connectivity index (χ3n) is 0.994. The molecule has 0 aromatic rings. The first-order valence-electron chi connectivity index (χ1n) is 2.47. The van der Waals surface area contributed by atoms with Crippen LogP contribution < -0.4 is 0 Å². The minimum absolute atomic E-state index is 0.00231. The smallest absolute Gasteiger partial charge is 0.310 e. The van der Waals surface area contributed by atoms with E-state index in [4.69, 9.17) is 5.11 Å². The fourth-order valence-electron chi connectivity index (χ4n) is 0.198. The highest BCUT2D eigenvalue weighted by molar-refractivity contribution is 7.94. The summed E-state index contributed by atoms with van der Waals surface area (Å²) < 4.78 is 11.5. The van der Waals surface area contributed by atoms with Crippen molar-refractivity contribution in [2.24, 2.45) is 5.41 Å². The van der Waals surface area contributed by atoms with Crippen molar-refractivity contribution in [3.05, 3.63) is 0 Å². The molecular formula is C5H9FO2S. The van der Waals surface area contributed by atoms with Gasteiger partial charge in [0.1, 0.15) is 0 Å². The molecule has 0 bridgehead atoms. The van der Waals surface area contributed by atoms with Crippen LogP contribution in [0.1, 0.15) is 13.8 Å². The number of rotatable bonds is 3. The Labute approximate surface area is 57.7 Å². The van der Waals surface area contributed by atoms with Gasteiger partial charge in [0.15, 0.2) is 0 Å². The summed E-state index contributed by atoms with van der Waals surface area (Å²) in [7, 11) is 0. The number of aliphatic carboxylic acids is 1. The van der Waals surface area contributed by atoms with E-state index in [2.05, 4.69) is 0 Å². The van der Waals surface area contributed by atoms with Crippen LogP contribution in [0.3, 0.4) is 0 Å². The SMILES string of the molecule is CC(C)(CSF)C(=O)O. The Balaban J connectivity index is 3.85. The van der Waals surface area contributed by atoms with Crippen LogP contribution in [0.25, 0.3) is 0 Å². The maximum Gasteiger partial charge on any atom is 0.310 e. The van der Waals surface area contributed by atoms with Crippen LogP contribution >= 0.6 is 12.1 Å². The molecule has 0 unspecified atom stereocenters. The van der Waals surface area contributed by atoms with Crippen LogP contribution in [0.5, 0.6) is 0 Å². The van der Waals surface area contributed by atoms with Gasteiger partial charge in [0, 0.05) is 17.9 Å². The Kier molecular flexibility index (Phi) is 2.97. The van der Waals surface area contributed by atoms with Gasteiger partial charge in [-0.05, 0) is 13.8 Å². The van der Waals surface area contributed by atoms with Crippen LogP contribution in [0.2, 0.25) is 0 Å². The van der Waals surface area contributed by atoms with Gasteiger partial charge in [0.05, 0.1) is 5.41 Å². The van der Waals surface area contributed by atoms with E-state index in [1.165, 1.54) is 13.8 Å². The van der Waals surface area contributed by atoms with Crippen molar-refractivity contribution in [3.63, 3.8) is 0 Å². The molecule has 4 heteroatoms. The van der Waals surface area contributed by atoms with E-state index in [1.54, 1.807) is 0 Å². The molecule has 1 N–H and O–H groups in total. The zero-order chi connectivity index (χ0) is 7.49. The van der Waals surface area contributed by atoms with Crippen molar-refractivity contribution in [1.29, 1.82) is 0 Å². The topological polar surface area (TPSA) is 37.3 Å². The quantitative estimate of drug-likeness (QED) is 0.669. The highest BCUT2D eigenvalue weighted by Crippen LogP contribution is 2.21. The lowest BCUT2D eigenvalue weighted by Gasteiger charge is -2.14. The maximum absolute atomic E-state index is 11.5. The first-order valence-corrected chi connectivity index (χ1v) is 3.36. The van der Waals surface area contributed by atoms with Gasteiger partial charge in [-0.3, -0.25) is 4.79 Å². The van der Waals surface area contributed by atoms with Crippen LogP contribution in [-0.4, -0.2) is 16.8 Å². The Morgan fingerprint density at radius 2 is 2.22 bits per heavy atom. The molecule has 0 amide bonds. The molecular weight excluding hydrogens is 143 g/mol. The molecule has 0 spiro atoms. The Morgan fingerprint density at radius 1 is 1.78 bits per heavy atom. The van der Waals surface area contributed by atoms with Crippen LogP contribution in [0.15, 0.2) is 0 Å². The normalized spacial score (nSPS) is 11.4. The van der Waals surface area contributed by atoms with Gasteiger partial charge in [0.2, 0.25) is 0 Å². The highest BCUT2D eigenvalue weighted by Gasteiger charge is 2.26. The largest absolute Gasteiger partial charge is 0.481 e. The molecule has 0 aromatic carbocycles. The molecule has 0 radical (unpaired) electrons. The summed E-state index contributed by atoms with van der Waals surface area (Å²) in [5.41, 5.74) is -0.945. The lowest BCUT2D eigenvalue weighted by atomic mass is 9.97. The van der Waals surface area contributed by atoms with E-state index in [0.717, 1.165) is 0 Å². The van der Waals surface area contributed by atoms with Crippen molar-refractivity contribution in [2.45, 2.75) is 13.8 Å². The van der Waals surface area contributed by atoms with Gasteiger partial charge in [-0.25, -0.2) is 0 Å². The summed E-state index contributed by atoms with van der Waals surface area (Å²) in [5, 5.41) is 8.39. The molecule has 0 fully saturated rings. The third-order valence-corrected chi connectivity index (χ3v) is 1.83. The molecule has 0 heterocycles. The molecule has 0 atom stereocenters. The average molecular weight is 152 g/mol. The van der Waals surface area contributed by atoms with Gasteiger partial charge in [-0.1, -0.05) is 0 Å². The number of carboxylic acid groups (broad SMARTS) is 1. The number of carboxylic acids is 1. The maximum atomic E-state index is 11.5. The minimum Gasteiger partial charge on any atom is -0.481 e. The molecule has 0 aromatic heterocycles. The molecule has 0 saturated heterocycles. The summed E-state index contributed by atoms with van der Waals surface area (Å²) in [6, 6.07) is 0.